The molecule has 2 aliphatic carbocycles. The molecule has 0 amide bonds. The van der Waals surface area contributed by atoms with E-state index in [2.05, 4.69) is 4.74 Å². The van der Waals surface area contributed by atoms with E-state index < -0.39 is 30.2 Å². The summed E-state index contributed by atoms with van der Waals surface area (Å²) in [5.74, 6) is -2.51. The SMILES string of the molecule is Fc1cc(C2=CCC(C3CCC(CC=CCCC(F)F)CC3)CC2)cc(F)c1OC(F)(F)F. The highest BCUT2D eigenvalue weighted by molar-refractivity contribution is 5.67. The highest BCUT2D eigenvalue weighted by atomic mass is 19.4. The summed E-state index contributed by atoms with van der Waals surface area (Å²) in [5, 5.41) is 0. The van der Waals surface area contributed by atoms with Crippen molar-refractivity contribution in [3.8, 4) is 5.75 Å². The van der Waals surface area contributed by atoms with E-state index in [-0.39, 0.29) is 12.0 Å². The van der Waals surface area contributed by atoms with Crippen LogP contribution in [-0.4, -0.2) is 12.8 Å². The van der Waals surface area contributed by atoms with Gasteiger partial charge < -0.3 is 4.74 Å². The molecule has 1 aromatic rings. The zero-order valence-corrected chi connectivity index (χ0v) is 18.3. The van der Waals surface area contributed by atoms with Gasteiger partial charge in [0.1, 0.15) is 0 Å². The minimum atomic E-state index is -5.16. The lowest BCUT2D eigenvalue weighted by Gasteiger charge is -2.35. The monoisotopic (exact) mass is 478 g/mol. The maximum absolute atomic E-state index is 14.0. The molecule has 1 atom stereocenters. The zero-order chi connectivity index (χ0) is 24.0. The Hall–Kier alpha value is -1.99. The summed E-state index contributed by atoms with van der Waals surface area (Å²) < 4.78 is 92.8. The Bertz CT molecular complexity index is 813. The fraction of sp³-hybridized carbons (Fsp3) is 0.600. The lowest BCUT2D eigenvalue weighted by atomic mass is 9.70. The number of ether oxygens (including phenoxy) is 1. The van der Waals surface area contributed by atoms with Gasteiger partial charge in [-0.15, -0.1) is 13.2 Å². The molecule has 8 heteroatoms. The van der Waals surface area contributed by atoms with Crippen molar-refractivity contribution in [1.82, 2.24) is 0 Å². The smallest absolute Gasteiger partial charge is 0.399 e. The van der Waals surface area contributed by atoms with Crippen LogP contribution in [0.5, 0.6) is 5.75 Å². The average Bonchev–Trinajstić information content (AvgIpc) is 2.76. The van der Waals surface area contributed by atoms with E-state index >= 15 is 0 Å². The van der Waals surface area contributed by atoms with Crippen LogP contribution in [-0.2, 0) is 0 Å². The molecule has 0 aliphatic heterocycles. The molecule has 1 nitrogen and oxygen atoms in total. The highest BCUT2D eigenvalue weighted by Gasteiger charge is 2.34. The van der Waals surface area contributed by atoms with Crippen LogP contribution in [0.4, 0.5) is 30.7 Å². The molecule has 184 valence electrons. The van der Waals surface area contributed by atoms with Gasteiger partial charge in [0.15, 0.2) is 11.6 Å². The lowest BCUT2D eigenvalue weighted by molar-refractivity contribution is -0.276. The predicted octanol–water partition coefficient (Wildman–Crippen LogP) is 8.84. The van der Waals surface area contributed by atoms with Gasteiger partial charge in [0.2, 0.25) is 12.2 Å². The Morgan fingerprint density at radius 3 is 2.15 bits per heavy atom. The normalized spacial score (nSPS) is 24.4. The van der Waals surface area contributed by atoms with Crippen molar-refractivity contribution in [3.05, 3.63) is 47.6 Å². The minimum absolute atomic E-state index is 0.0921. The van der Waals surface area contributed by atoms with Gasteiger partial charge in [-0.25, -0.2) is 17.6 Å². The van der Waals surface area contributed by atoms with Crippen molar-refractivity contribution < 1.29 is 35.5 Å². The second-order valence-corrected chi connectivity index (χ2v) is 9.04. The van der Waals surface area contributed by atoms with Gasteiger partial charge >= 0.3 is 6.36 Å². The summed E-state index contributed by atoms with van der Waals surface area (Å²) >= 11 is 0. The van der Waals surface area contributed by atoms with Crippen molar-refractivity contribution in [2.45, 2.75) is 77.0 Å². The van der Waals surface area contributed by atoms with Crippen LogP contribution in [0.1, 0.15) is 69.8 Å². The summed E-state index contributed by atoms with van der Waals surface area (Å²) in [6.07, 6.45) is 6.35. The second kappa shape index (κ2) is 11.4. The number of rotatable bonds is 8. The van der Waals surface area contributed by atoms with Crippen LogP contribution < -0.4 is 4.74 Å². The largest absolute Gasteiger partial charge is 0.573 e. The van der Waals surface area contributed by atoms with E-state index in [0.29, 0.717) is 30.6 Å². The molecular formula is C25H29F7O. The Morgan fingerprint density at radius 2 is 1.61 bits per heavy atom. The fourth-order valence-electron chi connectivity index (χ4n) is 5.03. The molecule has 0 heterocycles. The van der Waals surface area contributed by atoms with Crippen molar-refractivity contribution in [2.24, 2.45) is 17.8 Å². The van der Waals surface area contributed by atoms with E-state index in [4.69, 9.17) is 0 Å². The number of hydrogen-bond donors (Lipinski definition) is 0. The van der Waals surface area contributed by atoms with E-state index in [1.165, 1.54) is 0 Å². The minimum Gasteiger partial charge on any atom is -0.399 e. The fourth-order valence-corrected chi connectivity index (χ4v) is 5.03. The van der Waals surface area contributed by atoms with Crippen LogP contribution in [0, 0.1) is 29.4 Å². The number of allylic oxidation sites excluding steroid dienone is 4. The maximum atomic E-state index is 14.0. The van der Waals surface area contributed by atoms with Gasteiger partial charge in [0, 0.05) is 6.42 Å². The van der Waals surface area contributed by atoms with Crippen LogP contribution in [0.2, 0.25) is 0 Å². The molecule has 0 aromatic heterocycles. The predicted molar refractivity (Wildman–Crippen MR) is 113 cm³/mol. The molecule has 1 fully saturated rings. The third kappa shape index (κ3) is 7.78. The highest BCUT2D eigenvalue weighted by Crippen LogP contribution is 2.42. The molecule has 2 aliphatic rings. The summed E-state index contributed by atoms with van der Waals surface area (Å²) in [5.41, 5.74) is 0.991. The first kappa shape index (κ1) is 25.6. The van der Waals surface area contributed by atoms with E-state index in [0.717, 1.165) is 62.7 Å². The summed E-state index contributed by atoms with van der Waals surface area (Å²) in [4.78, 5) is 0. The van der Waals surface area contributed by atoms with Crippen LogP contribution in [0.25, 0.3) is 5.57 Å². The van der Waals surface area contributed by atoms with Crippen LogP contribution >= 0.6 is 0 Å². The third-order valence-corrected chi connectivity index (χ3v) is 6.78. The first-order chi connectivity index (χ1) is 15.6. The molecule has 3 rings (SSSR count). The van der Waals surface area contributed by atoms with Crippen LogP contribution in [0.3, 0.4) is 0 Å². The Labute approximate surface area is 189 Å². The van der Waals surface area contributed by atoms with Crippen molar-refractivity contribution in [3.63, 3.8) is 0 Å². The quantitative estimate of drug-likeness (QED) is 0.268. The molecule has 0 saturated heterocycles. The Morgan fingerprint density at radius 1 is 0.939 bits per heavy atom. The van der Waals surface area contributed by atoms with E-state index in [1.54, 1.807) is 0 Å². The molecule has 1 unspecified atom stereocenters. The van der Waals surface area contributed by atoms with Gasteiger partial charge in [-0.05, 0) is 98.8 Å². The molecule has 33 heavy (non-hydrogen) atoms. The summed E-state index contributed by atoms with van der Waals surface area (Å²) in [7, 11) is 0. The van der Waals surface area contributed by atoms with Crippen molar-refractivity contribution in [2.75, 3.05) is 0 Å². The number of benzene rings is 1. The van der Waals surface area contributed by atoms with Crippen LogP contribution in [0.15, 0.2) is 30.4 Å². The van der Waals surface area contributed by atoms with Gasteiger partial charge in [-0.3, -0.25) is 0 Å². The van der Waals surface area contributed by atoms with E-state index in [9.17, 15) is 30.7 Å². The molecule has 0 N–H and O–H groups in total. The number of alkyl halides is 5. The first-order valence-electron chi connectivity index (χ1n) is 11.5. The standard InChI is InChI=1S/C25H29F7O/c26-21-14-20(15-22(27)24(21)33-25(30,31)32)19-12-10-18(11-13-19)17-8-6-16(7-9-17)4-2-1-3-5-23(28)29/h1-2,12,14-18,23H,3-11,13H2. The van der Waals surface area contributed by atoms with E-state index in [1.807, 2.05) is 18.2 Å². The topological polar surface area (TPSA) is 9.23 Å². The molecular weight excluding hydrogens is 449 g/mol. The number of hydrogen-bond acceptors (Lipinski definition) is 1. The molecule has 0 bridgehead atoms. The van der Waals surface area contributed by atoms with Gasteiger partial charge in [-0.1, -0.05) is 18.2 Å². The average molecular weight is 478 g/mol. The summed E-state index contributed by atoms with van der Waals surface area (Å²) in [6.45, 7) is 0. The zero-order valence-electron chi connectivity index (χ0n) is 18.3. The van der Waals surface area contributed by atoms with Gasteiger partial charge in [0.25, 0.3) is 0 Å². The molecule has 0 spiro atoms. The van der Waals surface area contributed by atoms with Gasteiger partial charge in [0.05, 0.1) is 0 Å². The second-order valence-electron chi connectivity index (χ2n) is 9.04. The first-order valence-corrected chi connectivity index (χ1v) is 11.5. The molecule has 1 saturated carbocycles. The number of halogens is 7. The van der Waals surface area contributed by atoms with Crippen molar-refractivity contribution >= 4 is 5.57 Å². The maximum Gasteiger partial charge on any atom is 0.573 e. The Kier molecular flexibility index (Phi) is 8.88. The van der Waals surface area contributed by atoms with Crippen molar-refractivity contribution in [1.29, 1.82) is 0 Å². The summed E-state index contributed by atoms with van der Waals surface area (Å²) in [6, 6.07) is 1.80. The third-order valence-electron chi connectivity index (χ3n) is 6.78. The molecule has 1 aromatic carbocycles. The lowest BCUT2D eigenvalue weighted by Crippen LogP contribution is -2.23. The molecule has 0 radical (unpaired) electrons. The van der Waals surface area contributed by atoms with Gasteiger partial charge in [-0.2, -0.15) is 0 Å². The Balaban J connectivity index is 1.49.